The van der Waals surface area contributed by atoms with Crippen LogP contribution in [-0.2, 0) is 28.5 Å². The molecule has 0 aliphatic carbocycles. The van der Waals surface area contributed by atoms with Gasteiger partial charge in [-0.3, -0.25) is 9.59 Å². The van der Waals surface area contributed by atoms with E-state index in [0.29, 0.717) is 74.7 Å². The Hall–Kier alpha value is -6.58. The van der Waals surface area contributed by atoms with Gasteiger partial charge >= 0.3 is 12.2 Å². The van der Waals surface area contributed by atoms with Crippen LogP contribution in [0.15, 0.2) is 60.8 Å². The summed E-state index contributed by atoms with van der Waals surface area (Å²) >= 11 is 0. The third-order valence-electron chi connectivity index (χ3n) is 16.1. The molecule has 0 saturated carbocycles. The Kier molecular flexibility index (Phi) is 15.9. The normalized spacial score (nSPS) is 22.3. The summed E-state index contributed by atoms with van der Waals surface area (Å²) in [5.41, 5.74) is 5.48. The molecule has 0 spiro atoms. The number of nitrogens with zero attached hydrogens (tertiary/aromatic N) is 6. The summed E-state index contributed by atoms with van der Waals surface area (Å²) in [6.45, 7) is 10.3. The van der Waals surface area contributed by atoms with Gasteiger partial charge in [0.1, 0.15) is 29.4 Å². The molecule has 4 saturated heterocycles. The Labute approximate surface area is 437 Å². The molecule has 8 atom stereocenters. The molecule has 4 N–H and O–H groups in total. The van der Waals surface area contributed by atoms with E-state index in [1.54, 1.807) is 29.8 Å². The highest BCUT2D eigenvalue weighted by atomic mass is 28.3. The number of carbonyl (C=O) groups excluding carboxylic acids is 4. The highest BCUT2D eigenvalue weighted by Gasteiger charge is 2.42. The molecule has 4 aliphatic rings. The van der Waals surface area contributed by atoms with E-state index in [0.717, 1.165) is 52.8 Å². The number of nitrogens with one attached hydrogen (secondary N) is 4. The Bertz CT molecular complexity index is 2850. The van der Waals surface area contributed by atoms with Crippen molar-refractivity contribution in [1.29, 1.82) is 0 Å². The van der Waals surface area contributed by atoms with Crippen LogP contribution < -0.4 is 20.4 Å². The topological polar surface area (TPSA) is 200 Å². The molecule has 0 bridgehead atoms. The number of hydrogen-bond acceptors (Lipinski definition) is 12. The summed E-state index contributed by atoms with van der Waals surface area (Å²) in [5, 5.41) is 5.27. The van der Waals surface area contributed by atoms with Crippen LogP contribution in [0.4, 0.5) is 29.7 Å². The van der Waals surface area contributed by atoms with Crippen LogP contribution in [0.25, 0.3) is 22.3 Å². The number of rotatable bonds is 15. The zero-order valence-electron chi connectivity index (χ0n) is 44.1. The largest absolute Gasteiger partial charge is 0.453 e. The lowest BCUT2D eigenvalue weighted by Crippen LogP contribution is -2.54. The minimum absolute atomic E-state index is 0.0288. The lowest BCUT2D eigenvalue weighted by molar-refractivity contribution is -0.138. The molecule has 2 aromatic heterocycles. The van der Waals surface area contributed by atoms with Gasteiger partial charge in [0.05, 0.1) is 81.6 Å². The number of ether oxygens (including phenoxy) is 4. The summed E-state index contributed by atoms with van der Waals surface area (Å²) in [5.74, 6) is -0.504. The number of benzene rings is 3. The zero-order chi connectivity index (χ0) is 53.3. The van der Waals surface area contributed by atoms with Crippen molar-refractivity contribution in [3.8, 4) is 11.3 Å². The molecule has 3 aromatic carbocycles. The van der Waals surface area contributed by atoms with Gasteiger partial charge in [0.15, 0.2) is 11.6 Å². The number of likely N-dealkylation sites (tertiary alicyclic amines) is 2. The number of methoxy groups -OCH3 is 4. The molecule has 4 aliphatic heterocycles. The van der Waals surface area contributed by atoms with E-state index in [4.69, 9.17) is 28.9 Å². The SMILES string of the molecule is COC(=O)N[C@H](C(=O)N1CCCC1c1nc2ccc([C@H]3CC[C@H](c4ccc(-c5cnc([C@@H]6CCCN6C(=O)[C@@H](NC(=O)OC)[C@@H](C)OC)[nH]5)cc4)N3c3cc(F)c(N4CC[Si](C)(C)CC4)c(F)c3)cc2[nH]1)[C@@H](C)OC. The summed E-state index contributed by atoms with van der Waals surface area (Å²) in [6.07, 6.45) is 3.31. The Morgan fingerprint density at radius 3 is 1.76 bits per heavy atom. The first-order valence-electron chi connectivity index (χ1n) is 26.1. The van der Waals surface area contributed by atoms with E-state index in [9.17, 15) is 19.2 Å². The first-order chi connectivity index (χ1) is 36.0. The Balaban J connectivity index is 0.999. The number of H-pyrrole nitrogens is 2. The van der Waals surface area contributed by atoms with Crippen LogP contribution in [0.5, 0.6) is 0 Å². The van der Waals surface area contributed by atoms with Gasteiger partial charge in [-0.15, -0.1) is 0 Å². The minimum atomic E-state index is -1.41. The fourth-order valence-electron chi connectivity index (χ4n) is 11.5. The third-order valence-corrected chi connectivity index (χ3v) is 19.2. The third kappa shape index (κ3) is 10.9. The van der Waals surface area contributed by atoms with Crippen molar-refractivity contribution in [3.05, 3.63) is 95.2 Å². The molecule has 9 rings (SSSR count). The minimum Gasteiger partial charge on any atom is -0.453 e. The zero-order valence-corrected chi connectivity index (χ0v) is 45.1. The second kappa shape index (κ2) is 22.3. The van der Waals surface area contributed by atoms with Gasteiger partial charge < -0.3 is 59.1 Å². The Morgan fingerprint density at radius 1 is 0.680 bits per heavy atom. The standard InChI is InChI=1S/C54H70F2N10O8Si/c1-31(71-3)46(61-53(69)73-5)51(67)64-21-9-11-44(64)49-57-30-41(60-49)33-13-15-34(16-14-33)42-19-20-43(66(42)36-28-37(55)48(38(56)29-36)63-23-25-75(7,8)26-24-63)35-17-18-39-40(27-35)59-50(58-39)45-12-10-22-65(45)52(68)47(32(2)72-4)62-54(70)74-6/h13-18,27-32,42-47H,9-12,19-26H2,1-8H3,(H,57,60)(H,58,59)(H,61,69)(H,62,70)/t31-,32-,42-,43-,44+,45?,46+,47+/m1/s1. The van der Waals surface area contributed by atoms with Crippen molar-refractivity contribution in [3.63, 3.8) is 0 Å². The second-order valence-electron chi connectivity index (χ2n) is 21.1. The number of fused-ring (bicyclic) bond motifs is 1. The van der Waals surface area contributed by atoms with E-state index >= 15 is 8.78 Å². The van der Waals surface area contributed by atoms with Crippen LogP contribution in [0.2, 0.25) is 25.2 Å². The molecule has 6 heterocycles. The predicted molar refractivity (Wildman–Crippen MR) is 282 cm³/mol. The molecule has 75 heavy (non-hydrogen) atoms. The van der Waals surface area contributed by atoms with E-state index in [2.05, 4.69) is 50.7 Å². The maximum atomic E-state index is 16.6. The van der Waals surface area contributed by atoms with Crippen molar-refractivity contribution in [2.75, 3.05) is 64.4 Å². The van der Waals surface area contributed by atoms with Crippen molar-refractivity contribution in [1.82, 2.24) is 40.4 Å². The van der Waals surface area contributed by atoms with Gasteiger partial charge in [-0.1, -0.05) is 43.4 Å². The molecule has 402 valence electrons. The summed E-state index contributed by atoms with van der Waals surface area (Å²) < 4.78 is 53.7. The first-order valence-corrected chi connectivity index (χ1v) is 29.5. The monoisotopic (exact) mass is 1050 g/mol. The number of anilines is 2. The summed E-state index contributed by atoms with van der Waals surface area (Å²) in [4.78, 5) is 76.5. The molecule has 18 nitrogen and oxygen atoms in total. The average molecular weight is 1050 g/mol. The number of hydrogen-bond donors (Lipinski definition) is 4. The van der Waals surface area contributed by atoms with Gasteiger partial charge in [0.25, 0.3) is 0 Å². The predicted octanol–water partition coefficient (Wildman–Crippen LogP) is 8.69. The molecule has 5 aromatic rings. The number of halogens is 2. The summed E-state index contributed by atoms with van der Waals surface area (Å²) in [6, 6.07) is 15.9. The summed E-state index contributed by atoms with van der Waals surface area (Å²) in [7, 11) is 4.05. The number of aromatic amines is 2. The number of carbonyl (C=O) groups is 4. The number of imidazole rings is 2. The van der Waals surface area contributed by atoms with Crippen LogP contribution >= 0.6 is 0 Å². The van der Waals surface area contributed by atoms with Gasteiger partial charge in [0, 0.05) is 46.1 Å². The van der Waals surface area contributed by atoms with Crippen LogP contribution in [0.3, 0.4) is 0 Å². The van der Waals surface area contributed by atoms with Crippen LogP contribution in [0.1, 0.15) is 99.3 Å². The van der Waals surface area contributed by atoms with E-state index in [-0.39, 0.29) is 41.7 Å². The molecule has 1 unspecified atom stereocenters. The van der Waals surface area contributed by atoms with E-state index < -0.39 is 56.2 Å². The second-order valence-corrected chi connectivity index (χ2v) is 26.4. The molecule has 4 amide bonds. The van der Waals surface area contributed by atoms with Crippen LogP contribution in [0, 0.1) is 11.6 Å². The van der Waals surface area contributed by atoms with E-state index in [1.165, 1.54) is 40.6 Å². The van der Waals surface area contributed by atoms with Gasteiger partial charge in [-0.25, -0.2) is 28.3 Å². The quantitative estimate of drug-likeness (QED) is 0.0729. The molecular formula is C54H70F2N10O8Si. The van der Waals surface area contributed by atoms with Crippen molar-refractivity contribution < 1.29 is 46.9 Å². The molecule has 21 heteroatoms. The lowest BCUT2D eigenvalue weighted by atomic mass is 10.0. The molecule has 0 radical (unpaired) electrons. The highest BCUT2D eigenvalue weighted by Crippen LogP contribution is 2.49. The number of amides is 4. The fraction of sp³-hybridized carbons (Fsp3) is 0.519. The molecular weight excluding hydrogens is 983 g/mol. The number of aromatic nitrogens is 4. The molecule has 4 fully saturated rings. The van der Waals surface area contributed by atoms with Crippen molar-refractivity contribution >= 4 is 54.5 Å². The average Bonchev–Trinajstić information content (AvgIpc) is 4.29. The number of alkyl carbamates (subject to hydrolysis) is 2. The smallest absolute Gasteiger partial charge is 0.407 e. The highest BCUT2D eigenvalue weighted by molar-refractivity contribution is 6.77. The lowest BCUT2D eigenvalue weighted by Gasteiger charge is -2.38. The maximum Gasteiger partial charge on any atom is 0.407 e. The maximum absolute atomic E-state index is 16.6. The van der Waals surface area contributed by atoms with Crippen molar-refractivity contribution in [2.24, 2.45) is 0 Å². The van der Waals surface area contributed by atoms with Gasteiger partial charge in [0.2, 0.25) is 11.8 Å². The first kappa shape index (κ1) is 53.3. The van der Waals surface area contributed by atoms with Gasteiger partial charge in [-0.05, 0) is 105 Å². The van der Waals surface area contributed by atoms with Crippen LogP contribution in [-0.4, -0.2) is 141 Å². The fourth-order valence-corrected chi connectivity index (χ4v) is 13.5. The van der Waals surface area contributed by atoms with E-state index in [1.807, 2.05) is 35.2 Å². The van der Waals surface area contributed by atoms with Gasteiger partial charge in [-0.2, -0.15) is 0 Å². The Morgan fingerprint density at radius 2 is 1.21 bits per heavy atom. The van der Waals surface area contributed by atoms with Crippen molar-refractivity contribution in [2.45, 2.75) is 126 Å².